The monoisotopic (exact) mass is 501 g/mol. The minimum atomic E-state index is 0.604. The number of fused-ring (bicyclic) bond motifs is 1. The summed E-state index contributed by atoms with van der Waals surface area (Å²) in [5, 5.41) is 4.28. The second-order valence-electron chi connectivity index (χ2n) is 9.76. The zero-order valence-corrected chi connectivity index (χ0v) is 22.3. The van der Waals surface area contributed by atoms with Crippen LogP contribution < -0.4 is 14.4 Å². The van der Waals surface area contributed by atoms with E-state index in [1.807, 2.05) is 31.6 Å². The molecule has 5 rings (SSSR count). The van der Waals surface area contributed by atoms with Gasteiger partial charge in [-0.1, -0.05) is 0 Å². The quantitative estimate of drug-likeness (QED) is 0.343. The lowest BCUT2D eigenvalue weighted by Crippen LogP contribution is -2.35. The summed E-state index contributed by atoms with van der Waals surface area (Å²) >= 11 is 0. The maximum Gasteiger partial charge on any atom is 0.124 e. The molecule has 1 saturated heterocycles. The molecule has 0 spiro atoms. The van der Waals surface area contributed by atoms with Crippen LogP contribution >= 0.6 is 0 Å². The summed E-state index contributed by atoms with van der Waals surface area (Å²) in [6.07, 6.45) is 6.76. The van der Waals surface area contributed by atoms with Crippen molar-refractivity contribution in [2.75, 3.05) is 59.4 Å². The van der Waals surface area contributed by atoms with E-state index in [0.717, 1.165) is 71.3 Å². The van der Waals surface area contributed by atoms with E-state index in [1.54, 1.807) is 25.1 Å². The Balaban J connectivity index is 1.50. The second-order valence-corrected chi connectivity index (χ2v) is 9.76. The molecule has 1 atom stereocenters. The van der Waals surface area contributed by atoms with Crippen molar-refractivity contribution in [1.82, 2.24) is 29.5 Å². The molecule has 0 aliphatic carbocycles. The number of ether oxygens (including phenoxy) is 2. The number of rotatable bonds is 9. The Morgan fingerprint density at radius 3 is 2.41 bits per heavy atom. The average Bonchev–Trinajstić information content (AvgIpc) is 3.57. The molecule has 1 unspecified atom stereocenters. The molecule has 37 heavy (non-hydrogen) atoms. The maximum absolute atomic E-state index is 5.59. The molecule has 1 fully saturated rings. The normalized spacial score (nSPS) is 16.0. The van der Waals surface area contributed by atoms with Crippen molar-refractivity contribution >= 4 is 22.4 Å². The first kappa shape index (κ1) is 25.0. The SMILES string of the molecule is COc1cc(OC)cc(N(CCN2CCC(N(C)C)C2)c2ccc3ncc(-c4cnn(C)c4)nc3c2)c1. The fourth-order valence-corrected chi connectivity index (χ4v) is 4.89. The first-order valence-corrected chi connectivity index (χ1v) is 12.6. The van der Waals surface area contributed by atoms with Crippen LogP contribution in [0.3, 0.4) is 0 Å². The highest BCUT2D eigenvalue weighted by atomic mass is 16.5. The lowest BCUT2D eigenvalue weighted by Gasteiger charge is -2.29. The number of methoxy groups -OCH3 is 2. The van der Waals surface area contributed by atoms with Crippen LogP contribution in [0, 0.1) is 0 Å². The molecule has 0 N–H and O–H groups in total. The van der Waals surface area contributed by atoms with Crippen LogP contribution in [0.2, 0.25) is 0 Å². The van der Waals surface area contributed by atoms with E-state index in [9.17, 15) is 0 Å². The molecule has 9 heteroatoms. The lowest BCUT2D eigenvalue weighted by molar-refractivity contribution is 0.272. The largest absolute Gasteiger partial charge is 0.497 e. The molecule has 1 aliphatic heterocycles. The van der Waals surface area contributed by atoms with Crippen LogP contribution in [-0.2, 0) is 7.05 Å². The number of aromatic nitrogens is 4. The molecular formula is C28H35N7O2. The Morgan fingerprint density at radius 1 is 0.973 bits per heavy atom. The standard InChI is InChI=1S/C28H35N7O2/c1-32(2)22-8-9-34(19-22)10-11-35(23-12-24(36-4)15-25(13-23)37-5)21-6-7-26-27(14-21)31-28(17-29-26)20-16-30-33(3)18-20/h6-7,12-18,22H,8-11,19H2,1-5H3. The van der Waals surface area contributed by atoms with E-state index in [2.05, 4.69) is 63.1 Å². The number of hydrogen-bond donors (Lipinski definition) is 0. The first-order chi connectivity index (χ1) is 17.9. The van der Waals surface area contributed by atoms with Gasteiger partial charge >= 0.3 is 0 Å². The number of likely N-dealkylation sites (tertiary alicyclic amines) is 1. The third kappa shape index (κ3) is 5.52. The molecule has 0 bridgehead atoms. The van der Waals surface area contributed by atoms with Crippen LogP contribution in [0.1, 0.15) is 6.42 Å². The van der Waals surface area contributed by atoms with Crippen molar-refractivity contribution in [1.29, 1.82) is 0 Å². The van der Waals surface area contributed by atoms with Crippen molar-refractivity contribution in [3.63, 3.8) is 0 Å². The van der Waals surface area contributed by atoms with Crippen LogP contribution in [-0.4, -0.2) is 90.1 Å². The van der Waals surface area contributed by atoms with Crippen LogP contribution in [0.4, 0.5) is 11.4 Å². The summed E-state index contributed by atoms with van der Waals surface area (Å²) in [6.45, 7) is 3.96. The zero-order valence-electron chi connectivity index (χ0n) is 22.3. The molecule has 2 aromatic carbocycles. The molecule has 2 aromatic heterocycles. The zero-order chi connectivity index (χ0) is 25.9. The smallest absolute Gasteiger partial charge is 0.124 e. The van der Waals surface area contributed by atoms with E-state index in [0.29, 0.717) is 6.04 Å². The van der Waals surface area contributed by atoms with Crippen molar-refractivity contribution in [2.24, 2.45) is 7.05 Å². The van der Waals surface area contributed by atoms with Gasteiger partial charge in [-0.05, 0) is 45.3 Å². The molecule has 0 saturated carbocycles. The molecule has 0 amide bonds. The van der Waals surface area contributed by atoms with Gasteiger partial charge in [0.25, 0.3) is 0 Å². The van der Waals surface area contributed by atoms with Crippen LogP contribution in [0.5, 0.6) is 11.5 Å². The van der Waals surface area contributed by atoms with Gasteiger partial charge in [-0.25, -0.2) is 4.98 Å². The van der Waals surface area contributed by atoms with Crippen molar-refractivity contribution in [3.8, 4) is 22.8 Å². The number of benzene rings is 2. The number of aryl methyl sites for hydroxylation is 1. The lowest BCUT2D eigenvalue weighted by atomic mass is 10.2. The summed E-state index contributed by atoms with van der Waals surface area (Å²) in [5.41, 5.74) is 5.50. The Kier molecular flexibility index (Phi) is 7.25. The number of likely N-dealkylation sites (N-methyl/N-ethyl adjacent to an activating group) is 1. The third-order valence-electron chi connectivity index (χ3n) is 7.10. The summed E-state index contributed by atoms with van der Waals surface area (Å²) in [4.78, 5) is 16.8. The van der Waals surface area contributed by atoms with Gasteiger partial charge in [-0.3, -0.25) is 14.6 Å². The summed E-state index contributed by atoms with van der Waals surface area (Å²) in [5.74, 6) is 1.51. The second kappa shape index (κ2) is 10.7. The van der Waals surface area contributed by atoms with Gasteiger partial charge in [-0.2, -0.15) is 5.10 Å². The molecule has 4 aromatic rings. The molecule has 194 valence electrons. The highest BCUT2D eigenvalue weighted by molar-refractivity contribution is 5.82. The fraction of sp³-hybridized carbons (Fsp3) is 0.393. The van der Waals surface area contributed by atoms with Gasteiger partial charge in [0.15, 0.2) is 0 Å². The maximum atomic E-state index is 5.59. The van der Waals surface area contributed by atoms with Crippen molar-refractivity contribution in [3.05, 3.63) is 55.0 Å². The van der Waals surface area contributed by atoms with Gasteiger partial charge < -0.3 is 19.3 Å². The minimum absolute atomic E-state index is 0.604. The van der Waals surface area contributed by atoms with E-state index in [-0.39, 0.29) is 0 Å². The van der Waals surface area contributed by atoms with E-state index in [1.165, 1.54) is 6.42 Å². The van der Waals surface area contributed by atoms with Crippen molar-refractivity contribution < 1.29 is 9.47 Å². The average molecular weight is 502 g/mol. The van der Waals surface area contributed by atoms with Crippen LogP contribution in [0.25, 0.3) is 22.3 Å². The van der Waals surface area contributed by atoms with Gasteiger partial charge in [0.1, 0.15) is 11.5 Å². The van der Waals surface area contributed by atoms with Gasteiger partial charge in [-0.15, -0.1) is 0 Å². The van der Waals surface area contributed by atoms with Gasteiger partial charge in [0.05, 0.1) is 43.3 Å². The van der Waals surface area contributed by atoms with Gasteiger partial charge in [0.2, 0.25) is 0 Å². The Morgan fingerprint density at radius 2 is 1.76 bits per heavy atom. The minimum Gasteiger partial charge on any atom is -0.497 e. The van der Waals surface area contributed by atoms with Crippen molar-refractivity contribution in [2.45, 2.75) is 12.5 Å². The summed E-state index contributed by atoms with van der Waals surface area (Å²) in [6, 6.07) is 12.9. The topological polar surface area (TPSA) is 71.8 Å². The fourth-order valence-electron chi connectivity index (χ4n) is 4.89. The van der Waals surface area contributed by atoms with E-state index in [4.69, 9.17) is 14.5 Å². The number of nitrogens with zero attached hydrogens (tertiary/aromatic N) is 7. The predicted octanol–water partition coefficient (Wildman–Crippen LogP) is 3.82. The molecule has 1 aliphatic rings. The predicted molar refractivity (Wildman–Crippen MR) is 147 cm³/mol. The molecular weight excluding hydrogens is 466 g/mol. The van der Waals surface area contributed by atoms with E-state index < -0.39 is 0 Å². The molecule has 9 nitrogen and oxygen atoms in total. The number of hydrogen-bond acceptors (Lipinski definition) is 8. The third-order valence-corrected chi connectivity index (χ3v) is 7.10. The Labute approximate surface area is 218 Å². The molecule has 3 heterocycles. The van der Waals surface area contributed by atoms with Gasteiger partial charge in [0, 0.05) is 74.1 Å². The van der Waals surface area contributed by atoms with E-state index >= 15 is 0 Å². The highest BCUT2D eigenvalue weighted by Crippen LogP contribution is 2.34. The molecule has 0 radical (unpaired) electrons. The Hall–Kier alpha value is -3.69. The van der Waals surface area contributed by atoms with Crippen LogP contribution in [0.15, 0.2) is 55.0 Å². The summed E-state index contributed by atoms with van der Waals surface area (Å²) in [7, 11) is 9.59. The highest BCUT2D eigenvalue weighted by Gasteiger charge is 2.24. The first-order valence-electron chi connectivity index (χ1n) is 12.6. The number of anilines is 2. The Bertz CT molecular complexity index is 1350. The summed E-state index contributed by atoms with van der Waals surface area (Å²) < 4.78 is 12.9.